The van der Waals surface area contributed by atoms with Gasteiger partial charge in [0.1, 0.15) is 13.2 Å². The number of carbonyl (C=O) groups excluding carboxylic acids is 3. The van der Waals surface area contributed by atoms with Gasteiger partial charge < -0.3 is 14.2 Å². The van der Waals surface area contributed by atoms with Gasteiger partial charge in [-0.3, -0.25) is 14.4 Å². The average molecular weight is 905 g/mol. The molecule has 0 heterocycles. The first-order valence-corrected chi connectivity index (χ1v) is 27.1. The van der Waals surface area contributed by atoms with Gasteiger partial charge in [0.25, 0.3) is 0 Å². The molecular formula is C59H100O6. The highest BCUT2D eigenvalue weighted by Crippen LogP contribution is 2.14. The molecule has 0 saturated heterocycles. The number of carbonyl (C=O) groups is 3. The highest BCUT2D eigenvalue weighted by Gasteiger charge is 2.19. The minimum atomic E-state index is -0.804. The molecule has 0 fully saturated rings. The maximum Gasteiger partial charge on any atom is 0.306 e. The molecule has 1 atom stereocenters. The van der Waals surface area contributed by atoms with Crippen molar-refractivity contribution in [1.82, 2.24) is 0 Å². The van der Waals surface area contributed by atoms with Gasteiger partial charge in [0.05, 0.1) is 0 Å². The molecule has 0 aromatic rings. The molecule has 0 aliphatic carbocycles. The molecule has 65 heavy (non-hydrogen) atoms. The predicted octanol–water partition coefficient (Wildman–Crippen LogP) is 18.0. The molecule has 0 N–H and O–H groups in total. The van der Waals surface area contributed by atoms with Crippen molar-refractivity contribution >= 4 is 17.9 Å². The number of ether oxygens (including phenoxy) is 3. The summed E-state index contributed by atoms with van der Waals surface area (Å²) in [5, 5.41) is 0. The minimum Gasteiger partial charge on any atom is -0.462 e. The Bertz CT molecular complexity index is 1270. The van der Waals surface area contributed by atoms with Gasteiger partial charge in [-0.15, -0.1) is 0 Å². The largest absolute Gasteiger partial charge is 0.462 e. The average Bonchev–Trinajstić information content (AvgIpc) is 3.30. The summed E-state index contributed by atoms with van der Waals surface area (Å²) < 4.78 is 16.8. The van der Waals surface area contributed by atoms with E-state index in [-0.39, 0.29) is 37.5 Å². The van der Waals surface area contributed by atoms with Crippen LogP contribution < -0.4 is 0 Å². The summed E-state index contributed by atoms with van der Waals surface area (Å²) in [6.45, 7) is 6.49. The van der Waals surface area contributed by atoms with Crippen molar-refractivity contribution < 1.29 is 28.6 Å². The van der Waals surface area contributed by atoms with Crippen LogP contribution in [0.15, 0.2) is 85.1 Å². The standard InChI is InChI=1S/C59H100O6/c1-4-7-10-13-16-19-22-24-26-28-29-31-33-35-38-41-44-47-50-53-59(62)65-56(54-63-57(60)51-48-45-42-39-36-21-18-15-12-9-6-3)55-64-58(61)52-49-46-43-40-37-34-32-30-27-25-23-20-17-14-11-8-5-2/h15-20,24-27,32,34,40,43,56H,4-14,21-23,28-31,33,35-39,41-42,44-55H2,1-3H3/b18-15-,19-16-,20-17-,26-24-,27-25-,34-32-,43-40-/t56-/m0/s1. The van der Waals surface area contributed by atoms with E-state index in [0.29, 0.717) is 19.3 Å². The van der Waals surface area contributed by atoms with Gasteiger partial charge in [0, 0.05) is 19.3 Å². The topological polar surface area (TPSA) is 78.9 Å². The third-order valence-corrected chi connectivity index (χ3v) is 11.3. The van der Waals surface area contributed by atoms with E-state index in [4.69, 9.17) is 14.2 Å². The number of allylic oxidation sites excluding steroid dienone is 14. The molecule has 6 nitrogen and oxygen atoms in total. The Labute approximate surface area is 401 Å². The molecule has 0 aliphatic heterocycles. The Morgan fingerprint density at radius 2 is 0.585 bits per heavy atom. The molecule has 0 saturated carbocycles. The molecule has 0 spiro atoms. The summed E-state index contributed by atoms with van der Waals surface area (Å²) in [6.07, 6.45) is 68.6. The predicted molar refractivity (Wildman–Crippen MR) is 279 cm³/mol. The van der Waals surface area contributed by atoms with Crippen molar-refractivity contribution in [2.75, 3.05) is 13.2 Å². The minimum absolute atomic E-state index is 0.0999. The molecule has 0 aromatic heterocycles. The second-order valence-electron chi connectivity index (χ2n) is 17.8. The van der Waals surface area contributed by atoms with Crippen molar-refractivity contribution in [2.24, 2.45) is 0 Å². The van der Waals surface area contributed by atoms with Crippen LogP contribution in [-0.2, 0) is 28.6 Å². The zero-order valence-corrected chi connectivity index (χ0v) is 42.5. The van der Waals surface area contributed by atoms with Crippen LogP contribution in [-0.4, -0.2) is 37.2 Å². The van der Waals surface area contributed by atoms with Gasteiger partial charge in [-0.2, -0.15) is 0 Å². The number of hydrogen-bond acceptors (Lipinski definition) is 6. The maximum atomic E-state index is 12.8. The molecule has 0 rings (SSSR count). The van der Waals surface area contributed by atoms with Crippen LogP contribution in [0, 0.1) is 0 Å². The molecular weight excluding hydrogens is 805 g/mol. The first kappa shape index (κ1) is 61.6. The lowest BCUT2D eigenvalue weighted by molar-refractivity contribution is -0.167. The van der Waals surface area contributed by atoms with Crippen molar-refractivity contribution in [2.45, 2.75) is 258 Å². The van der Waals surface area contributed by atoms with E-state index in [9.17, 15) is 14.4 Å². The fourth-order valence-corrected chi connectivity index (χ4v) is 7.21. The summed E-state index contributed by atoms with van der Waals surface area (Å²) in [7, 11) is 0. The van der Waals surface area contributed by atoms with Crippen LogP contribution >= 0.6 is 0 Å². The van der Waals surface area contributed by atoms with Crippen LogP contribution in [0.25, 0.3) is 0 Å². The summed E-state index contributed by atoms with van der Waals surface area (Å²) in [5.41, 5.74) is 0. The van der Waals surface area contributed by atoms with E-state index in [1.54, 1.807) is 0 Å². The molecule has 0 amide bonds. The van der Waals surface area contributed by atoms with Gasteiger partial charge in [0.2, 0.25) is 0 Å². The van der Waals surface area contributed by atoms with Crippen molar-refractivity contribution in [1.29, 1.82) is 0 Å². The summed E-state index contributed by atoms with van der Waals surface area (Å²) in [5.74, 6) is -0.971. The van der Waals surface area contributed by atoms with Gasteiger partial charge >= 0.3 is 17.9 Å². The van der Waals surface area contributed by atoms with Crippen LogP contribution in [0.2, 0.25) is 0 Å². The fourth-order valence-electron chi connectivity index (χ4n) is 7.21. The van der Waals surface area contributed by atoms with E-state index in [0.717, 1.165) is 83.5 Å². The summed E-state index contributed by atoms with van der Waals surface area (Å²) in [4.78, 5) is 38.0. The second kappa shape index (κ2) is 53.2. The quantitative estimate of drug-likeness (QED) is 0.0262. The van der Waals surface area contributed by atoms with Crippen molar-refractivity contribution in [3.8, 4) is 0 Å². The van der Waals surface area contributed by atoms with Crippen LogP contribution in [0.1, 0.15) is 252 Å². The van der Waals surface area contributed by atoms with E-state index in [1.165, 1.54) is 122 Å². The van der Waals surface area contributed by atoms with Gasteiger partial charge in [0.15, 0.2) is 6.10 Å². The van der Waals surface area contributed by atoms with E-state index in [1.807, 2.05) is 0 Å². The smallest absolute Gasteiger partial charge is 0.306 e. The zero-order chi connectivity index (χ0) is 47.2. The molecule has 0 radical (unpaired) electrons. The number of hydrogen-bond donors (Lipinski definition) is 0. The molecule has 0 aliphatic rings. The van der Waals surface area contributed by atoms with E-state index in [2.05, 4.69) is 106 Å². The molecule has 6 heteroatoms. The molecule has 0 aromatic carbocycles. The Morgan fingerprint density at radius 3 is 0.985 bits per heavy atom. The van der Waals surface area contributed by atoms with Crippen molar-refractivity contribution in [3.63, 3.8) is 0 Å². The second-order valence-corrected chi connectivity index (χ2v) is 17.8. The van der Waals surface area contributed by atoms with E-state index < -0.39 is 6.10 Å². The molecule has 0 bridgehead atoms. The zero-order valence-electron chi connectivity index (χ0n) is 42.5. The van der Waals surface area contributed by atoms with Gasteiger partial charge in [-0.25, -0.2) is 0 Å². The Kier molecular flexibility index (Phi) is 50.4. The van der Waals surface area contributed by atoms with Gasteiger partial charge in [-0.05, 0) is 109 Å². The van der Waals surface area contributed by atoms with Gasteiger partial charge in [-0.1, -0.05) is 209 Å². The van der Waals surface area contributed by atoms with Crippen molar-refractivity contribution in [3.05, 3.63) is 85.1 Å². The summed E-state index contributed by atoms with van der Waals surface area (Å²) >= 11 is 0. The van der Waals surface area contributed by atoms with Crippen LogP contribution in [0.3, 0.4) is 0 Å². The summed E-state index contributed by atoms with van der Waals surface area (Å²) in [6, 6.07) is 0. The van der Waals surface area contributed by atoms with Crippen LogP contribution in [0.4, 0.5) is 0 Å². The lowest BCUT2D eigenvalue weighted by Gasteiger charge is -2.18. The highest BCUT2D eigenvalue weighted by atomic mass is 16.6. The first-order chi connectivity index (χ1) is 32.0. The fraction of sp³-hybridized carbons (Fsp3) is 0.712. The first-order valence-electron chi connectivity index (χ1n) is 27.1. The number of unbranched alkanes of at least 4 members (excludes halogenated alkanes) is 23. The Morgan fingerprint density at radius 1 is 0.308 bits per heavy atom. The maximum absolute atomic E-state index is 12.8. The number of rotatable bonds is 48. The highest BCUT2D eigenvalue weighted by molar-refractivity contribution is 5.71. The Balaban J connectivity index is 4.45. The number of esters is 3. The SMILES string of the molecule is CCCC/C=C\CCCCCCCC(=O)OC[C@@H](COC(=O)CCC/C=C\C/C=C\C/C=C\C/C=C\CCCCC)OC(=O)CCCCCCCCCCC/C=C\C/C=C\CCCCC. The lowest BCUT2D eigenvalue weighted by atomic mass is 10.1. The third kappa shape index (κ3) is 51.4. The third-order valence-electron chi connectivity index (χ3n) is 11.3. The Hall–Kier alpha value is -3.41. The normalized spacial score (nSPS) is 12.7. The molecule has 372 valence electrons. The van der Waals surface area contributed by atoms with E-state index >= 15 is 0 Å². The monoisotopic (exact) mass is 905 g/mol. The lowest BCUT2D eigenvalue weighted by Crippen LogP contribution is -2.30. The molecule has 0 unspecified atom stereocenters. The van der Waals surface area contributed by atoms with Crippen LogP contribution in [0.5, 0.6) is 0 Å².